The van der Waals surface area contributed by atoms with Crippen molar-refractivity contribution < 1.29 is 9.47 Å². The molecule has 1 aliphatic rings. The Hall–Kier alpha value is -3.93. The lowest BCUT2D eigenvalue weighted by molar-refractivity contribution is 0.00140. The molecule has 39 heavy (non-hydrogen) atoms. The molecule has 1 aromatic carbocycles. The number of aryl methyl sites for hydroxylation is 1. The number of aromatic nitrogens is 4. The summed E-state index contributed by atoms with van der Waals surface area (Å²) in [5.41, 5.74) is 6.90. The number of nitrogens with one attached hydrogen (secondary N) is 1. The summed E-state index contributed by atoms with van der Waals surface area (Å²) in [5.74, 6) is 2.44. The standard InChI is InChI=1S/C33H38N4O2/c1-22-17-29(38-21-33(5,6)30(24-13-10-14-24)39-32(2,3)4)35-19-26(22)25-15-16-27(34-18-25)31-36-20-28(37-31)23-11-8-7-9-12-23/h7-9,11-12,15-20H,10,13-14,21H2,1-6H3,(H,36,37). The van der Waals surface area contributed by atoms with E-state index in [1.54, 1.807) is 0 Å². The Kier molecular flexibility index (Phi) is 7.30. The van der Waals surface area contributed by atoms with Crippen molar-refractivity contribution in [2.45, 2.75) is 66.4 Å². The molecule has 1 fully saturated rings. The van der Waals surface area contributed by atoms with Crippen LogP contribution in [0.3, 0.4) is 0 Å². The summed E-state index contributed by atoms with van der Waals surface area (Å²) in [4.78, 5) is 17.2. The lowest BCUT2D eigenvalue weighted by atomic mass is 9.81. The Bertz CT molecular complexity index is 1460. The molecule has 0 saturated heterocycles. The number of hydrogen-bond donors (Lipinski definition) is 1. The Balaban J connectivity index is 1.27. The van der Waals surface area contributed by atoms with Gasteiger partial charge in [0.15, 0.2) is 5.82 Å². The van der Waals surface area contributed by atoms with E-state index < -0.39 is 0 Å². The van der Waals surface area contributed by atoms with Crippen molar-refractivity contribution in [1.82, 2.24) is 19.9 Å². The predicted molar refractivity (Wildman–Crippen MR) is 156 cm³/mol. The van der Waals surface area contributed by atoms with Gasteiger partial charge in [-0.1, -0.05) is 36.4 Å². The molecule has 0 spiro atoms. The van der Waals surface area contributed by atoms with Gasteiger partial charge in [0.2, 0.25) is 5.88 Å². The molecule has 0 unspecified atom stereocenters. The van der Waals surface area contributed by atoms with Gasteiger partial charge in [-0.05, 0) is 83.6 Å². The lowest BCUT2D eigenvalue weighted by Gasteiger charge is -2.37. The minimum atomic E-state index is -0.247. The predicted octanol–water partition coefficient (Wildman–Crippen LogP) is 8.17. The first kappa shape index (κ1) is 26.7. The van der Waals surface area contributed by atoms with Gasteiger partial charge in [-0.3, -0.25) is 4.98 Å². The number of ether oxygens (including phenoxy) is 2. The number of rotatable bonds is 8. The van der Waals surface area contributed by atoms with Crippen LogP contribution in [0.4, 0.5) is 0 Å². The summed E-state index contributed by atoms with van der Waals surface area (Å²) in [7, 11) is 0. The molecule has 1 N–H and O–H groups in total. The SMILES string of the molecule is Cc1cc(OCC(C)(C)C(OC(C)(C)C)=C2CCC2)ncc1-c1ccc(-c2ncc(-c3ccccc3)[nH]2)nc1. The van der Waals surface area contributed by atoms with Crippen molar-refractivity contribution in [2.24, 2.45) is 5.41 Å². The fraction of sp³-hybridized carbons (Fsp3) is 0.364. The second-order valence-electron chi connectivity index (χ2n) is 12.0. The molecule has 6 heteroatoms. The van der Waals surface area contributed by atoms with E-state index in [9.17, 15) is 0 Å². The molecule has 0 amide bonds. The Morgan fingerprint density at radius 1 is 0.872 bits per heavy atom. The molecule has 6 nitrogen and oxygen atoms in total. The number of nitrogens with zero attached hydrogens (tertiary/aromatic N) is 3. The zero-order valence-corrected chi connectivity index (χ0v) is 23.8. The first-order chi connectivity index (χ1) is 18.6. The maximum atomic E-state index is 6.43. The fourth-order valence-corrected chi connectivity index (χ4v) is 4.72. The monoisotopic (exact) mass is 522 g/mol. The highest BCUT2D eigenvalue weighted by Gasteiger charge is 2.34. The van der Waals surface area contributed by atoms with Crippen LogP contribution in [-0.2, 0) is 4.74 Å². The van der Waals surface area contributed by atoms with Crippen molar-refractivity contribution in [2.75, 3.05) is 6.61 Å². The summed E-state index contributed by atoms with van der Waals surface area (Å²) >= 11 is 0. The number of benzene rings is 1. The summed E-state index contributed by atoms with van der Waals surface area (Å²) in [6.45, 7) is 13.3. The summed E-state index contributed by atoms with van der Waals surface area (Å²) < 4.78 is 12.6. The summed E-state index contributed by atoms with van der Waals surface area (Å²) in [5, 5.41) is 0. The molecule has 3 heterocycles. The lowest BCUT2D eigenvalue weighted by Crippen LogP contribution is -2.33. The molecule has 3 aromatic heterocycles. The highest BCUT2D eigenvalue weighted by atomic mass is 16.5. The van der Waals surface area contributed by atoms with Gasteiger partial charge in [0, 0.05) is 29.6 Å². The number of H-pyrrole nitrogens is 1. The van der Waals surface area contributed by atoms with Crippen molar-refractivity contribution in [3.05, 3.63) is 84.0 Å². The largest absolute Gasteiger partial charge is 0.492 e. The highest BCUT2D eigenvalue weighted by molar-refractivity contribution is 5.68. The van der Waals surface area contributed by atoms with Gasteiger partial charge in [0.25, 0.3) is 0 Å². The van der Waals surface area contributed by atoms with Crippen molar-refractivity contribution in [1.29, 1.82) is 0 Å². The van der Waals surface area contributed by atoms with E-state index in [0.717, 1.165) is 58.1 Å². The molecule has 4 aromatic rings. The van der Waals surface area contributed by atoms with Gasteiger partial charge >= 0.3 is 0 Å². The van der Waals surface area contributed by atoms with E-state index in [1.807, 2.05) is 48.9 Å². The average Bonchev–Trinajstić information content (AvgIpc) is 3.37. The van der Waals surface area contributed by atoms with Crippen LogP contribution >= 0.6 is 0 Å². The van der Waals surface area contributed by atoms with E-state index >= 15 is 0 Å². The summed E-state index contributed by atoms with van der Waals surface area (Å²) in [6, 6.07) is 16.2. The smallest absolute Gasteiger partial charge is 0.213 e. The van der Waals surface area contributed by atoms with Crippen LogP contribution < -0.4 is 4.74 Å². The molecule has 1 aliphatic carbocycles. The van der Waals surface area contributed by atoms with Crippen LogP contribution in [0.1, 0.15) is 59.4 Å². The molecule has 1 saturated carbocycles. The van der Waals surface area contributed by atoms with E-state index in [2.05, 4.69) is 79.7 Å². The molecular weight excluding hydrogens is 484 g/mol. The maximum absolute atomic E-state index is 6.43. The second kappa shape index (κ2) is 10.7. The minimum Gasteiger partial charge on any atom is -0.492 e. The minimum absolute atomic E-state index is 0.240. The zero-order chi connectivity index (χ0) is 27.6. The fourth-order valence-electron chi connectivity index (χ4n) is 4.72. The molecule has 5 rings (SSSR count). The van der Waals surface area contributed by atoms with Crippen molar-refractivity contribution in [3.8, 4) is 39.8 Å². The van der Waals surface area contributed by atoms with Crippen LogP contribution in [0.25, 0.3) is 33.9 Å². The third-order valence-corrected chi connectivity index (χ3v) is 6.95. The van der Waals surface area contributed by atoms with Crippen LogP contribution in [0.5, 0.6) is 5.88 Å². The number of imidazole rings is 1. The van der Waals surface area contributed by atoms with Gasteiger partial charge in [-0.15, -0.1) is 0 Å². The van der Waals surface area contributed by atoms with Crippen LogP contribution in [0, 0.1) is 12.3 Å². The molecule has 0 radical (unpaired) electrons. The van der Waals surface area contributed by atoms with Gasteiger partial charge in [-0.25, -0.2) is 9.97 Å². The van der Waals surface area contributed by atoms with E-state index in [1.165, 1.54) is 12.0 Å². The molecule has 0 atom stereocenters. The van der Waals surface area contributed by atoms with Gasteiger partial charge < -0.3 is 14.5 Å². The normalized spacial score (nSPS) is 13.6. The topological polar surface area (TPSA) is 72.9 Å². The third-order valence-electron chi connectivity index (χ3n) is 6.95. The van der Waals surface area contributed by atoms with Crippen molar-refractivity contribution >= 4 is 0 Å². The van der Waals surface area contributed by atoms with Crippen molar-refractivity contribution in [3.63, 3.8) is 0 Å². The summed E-state index contributed by atoms with van der Waals surface area (Å²) in [6.07, 6.45) is 9.04. The van der Waals surface area contributed by atoms with Crippen LogP contribution in [0.15, 0.2) is 78.5 Å². The molecule has 0 aliphatic heterocycles. The van der Waals surface area contributed by atoms with Gasteiger partial charge in [0.05, 0.1) is 17.3 Å². The zero-order valence-electron chi connectivity index (χ0n) is 23.8. The van der Waals surface area contributed by atoms with Crippen LogP contribution in [-0.4, -0.2) is 32.1 Å². The first-order valence-corrected chi connectivity index (χ1v) is 13.7. The Morgan fingerprint density at radius 2 is 1.64 bits per heavy atom. The quantitative estimate of drug-likeness (QED) is 0.236. The van der Waals surface area contributed by atoms with E-state index in [0.29, 0.717) is 12.5 Å². The molecule has 0 bridgehead atoms. The number of pyridine rings is 2. The van der Waals surface area contributed by atoms with E-state index in [-0.39, 0.29) is 11.0 Å². The Morgan fingerprint density at radius 3 is 2.26 bits per heavy atom. The van der Waals surface area contributed by atoms with E-state index in [4.69, 9.17) is 9.47 Å². The first-order valence-electron chi connectivity index (χ1n) is 13.7. The molecule has 202 valence electrons. The van der Waals surface area contributed by atoms with Crippen LogP contribution in [0.2, 0.25) is 0 Å². The number of allylic oxidation sites excluding steroid dienone is 1. The number of hydrogen-bond acceptors (Lipinski definition) is 5. The van der Waals surface area contributed by atoms with Gasteiger partial charge in [0.1, 0.15) is 23.7 Å². The second-order valence-corrected chi connectivity index (χ2v) is 12.0. The average molecular weight is 523 g/mol. The van der Waals surface area contributed by atoms with Gasteiger partial charge in [-0.2, -0.15) is 0 Å². The highest BCUT2D eigenvalue weighted by Crippen LogP contribution is 2.40. The number of aromatic amines is 1. The third kappa shape index (κ3) is 6.22. The Labute approximate surface area is 231 Å². The maximum Gasteiger partial charge on any atom is 0.213 e. The molecular formula is C33H38N4O2.